The molecule has 2 N–H and O–H groups in total. The van der Waals surface area contributed by atoms with Gasteiger partial charge in [-0.3, -0.25) is 0 Å². The topological polar surface area (TPSA) is 88.1 Å². The number of ether oxygens (including phenoxy) is 2. The van der Waals surface area contributed by atoms with Crippen LogP contribution in [0.5, 0.6) is 11.5 Å². The summed E-state index contributed by atoms with van der Waals surface area (Å²) in [5.74, 6) is 0.173. The number of carboxylic acids is 1. The summed E-state index contributed by atoms with van der Waals surface area (Å²) in [6.07, 6.45) is 0.883. The van der Waals surface area contributed by atoms with E-state index < -0.39 is 11.6 Å². The first kappa shape index (κ1) is 28.0. The lowest BCUT2D eigenvalue weighted by Crippen LogP contribution is -2.43. The number of urea groups is 1. The molecule has 1 fully saturated rings. The van der Waals surface area contributed by atoms with Crippen LogP contribution >= 0.6 is 0 Å². The van der Waals surface area contributed by atoms with Crippen LogP contribution in [0.3, 0.4) is 0 Å². The average Bonchev–Trinajstić information content (AvgIpc) is 3.33. The van der Waals surface area contributed by atoms with Gasteiger partial charge in [-0.15, -0.1) is 0 Å². The second kappa shape index (κ2) is 11.9. The lowest BCUT2D eigenvalue weighted by Gasteiger charge is -2.30. The van der Waals surface area contributed by atoms with Crippen molar-refractivity contribution in [3.8, 4) is 11.5 Å². The van der Waals surface area contributed by atoms with Crippen molar-refractivity contribution in [3.05, 3.63) is 108 Å². The maximum atomic E-state index is 12.8. The Morgan fingerprint density at radius 1 is 1.00 bits per heavy atom. The molecule has 3 unspecified atom stereocenters. The van der Waals surface area contributed by atoms with Gasteiger partial charge in [0.1, 0.15) is 11.5 Å². The van der Waals surface area contributed by atoms with Crippen molar-refractivity contribution < 1.29 is 24.2 Å². The molecule has 4 aromatic carbocycles. The second-order valence-electron chi connectivity index (χ2n) is 10.9. The number of para-hydroxylation sites is 1. The van der Waals surface area contributed by atoms with Gasteiger partial charge in [0.15, 0.2) is 0 Å². The number of fused-ring (bicyclic) bond motifs is 1. The van der Waals surface area contributed by atoms with Crippen LogP contribution in [-0.2, 0) is 11.2 Å². The summed E-state index contributed by atoms with van der Waals surface area (Å²) in [5.41, 5.74) is 1.75. The van der Waals surface area contributed by atoms with E-state index in [2.05, 4.69) is 55.6 Å². The number of aliphatic carboxylic acids is 1. The molecule has 0 radical (unpaired) electrons. The van der Waals surface area contributed by atoms with Gasteiger partial charge in [-0.05, 0) is 73.0 Å². The molecule has 1 aliphatic heterocycles. The second-order valence-corrected chi connectivity index (χ2v) is 10.9. The Bertz CT molecular complexity index is 1520. The van der Waals surface area contributed by atoms with E-state index in [1.54, 1.807) is 19.1 Å². The Morgan fingerprint density at radius 2 is 1.71 bits per heavy atom. The van der Waals surface area contributed by atoms with E-state index >= 15 is 0 Å². The molecule has 212 valence electrons. The van der Waals surface area contributed by atoms with Gasteiger partial charge in [0.25, 0.3) is 0 Å². The maximum absolute atomic E-state index is 12.8. The summed E-state index contributed by atoms with van der Waals surface area (Å²) in [4.78, 5) is 26.7. The Morgan fingerprint density at radius 3 is 2.44 bits per heavy atom. The van der Waals surface area contributed by atoms with Crippen molar-refractivity contribution in [2.45, 2.75) is 51.3 Å². The van der Waals surface area contributed by atoms with Gasteiger partial charge >= 0.3 is 12.0 Å². The number of carbonyl (C=O) groups excluding carboxylic acids is 1. The van der Waals surface area contributed by atoms with Gasteiger partial charge in [0.05, 0.1) is 18.7 Å². The number of carboxylic acid groups (broad SMARTS) is 1. The quantitative estimate of drug-likeness (QED) is 0.221. The summed E-state index contributed by atoms with van der Waals surface area (Å²) in [6, 6.07) is 29.0. The molecule has 0 saturated carbocycles. The van der Waals surface area contributed by atoms with Crippen LogP contribution in [0.25, 0.3) is 10.8 Å². The number of rotatable bonds is 11. The Labute approximate surface area is 240 Å². The zero-order chi connectivity index (χ0) is 29.0. The highest BCUT2D eigenvalue weighted by molar-refractivity contribution is 5.84. The first-order valence-corrected chi connectivity index (χ1v) is 14.0. The van der Waals surface area contributed by atoms with Gasteiger partial charge in [-0.2, -0.15) is 0 Å². The largest absolute Gasteiger partial charge is 0.494 e. The van der Waals surface area contributed by atoms with Crippen molar-refractivity contribution in [1.82, 2.24) is 10.2 Å². The highest BCUT2D eigenvalue weighted by Crippen LogP contribution is 2.30. The van der Waals surface area contributed by atoms with E-state index in [9.17, 15) is 14.7 Å². The highest BCUT2D eigenvalue weighted by atomic mass is 16.5. The van der Waals surface area contributed by atoms with Crippen molar-refractivity contribution in [3.63, 3.8) is 0 Å². The van der Waals surface area contributed by atoms with Gasteiger partial charge in [0, 0.05) is 19.4 Å². The first-order chi connectivity index (χ1) is 19.7. The fourth-order valence-electron chi connectivity index (χ4n) is 5.41. The van der Waals surface area contributed by atoms with E-state index in [0.717, 1.165) is 16.5 Å². The molecular weight excluding hydrogens is 516 g/mol. The monoisotopic (exact) mass is 552 g/mol. The minimum Gasteiger partial charge on any atom is -0.494 e. The lowest BCUT2D eigenvalue weighted by molar-refractivity contribution is -0.153. The molecular formula is C34H36N2O5. The maximum Gasteiger partial charge on any atom is 0.348 e. The zero-order valence-corrected chi connectivity index (χ0v) is 23.7. The number of benzene rings is 4. The van der Waals surface area contributed by atoms with Crippen LogP contribution in [0.2, 0.25) is 0 Å². The predicted molar refractivity (Wildman–Crippen MR) is 159 cm³/mol. The fraction of sp³-hybridized carbons (Fsp3) is 0.294. The summed E-state index contributed by atoms with van der Waals surface area (Å²) >= 11 is 0. The molecule has 1 saturated heterocycles. The summed E-state index contributed by atoms with van der Waals surface area (Å²) in [6.45, 7) is 6.76. The molecule has 1 aliphatic rings. The number of hydrogen-bond acceptors (Lipinski definition) is 4. The molecule has 41 heavy (non-hydrogen) atoms. The third-order valence-corrected chi connectivity index (χ3v) is 7.76. The van der Waals surface area contributed by atoms with Crippen LogP contribution in [-0.4, -0.2) is 46.8 Å². The minimum absolute atomic E-state index is 0.0110. The van der Waals surface area contributed by atoms with Gasteiger partial charge < -0.3 is 24.8 Å². The molecule has 3 atom stereocenters. The smallest absolute Gasteiger partial charge is 0.348 e. The average molecular weight is 553 g/mol. The molecule has 1 heterocycles. The number of carbonyl (C=O) groups is 2. The molecule has 4 aromatic rings. The van der Waals surface area contributed by atoms with E-state index in [-0.39, 0.29) is 24.5 Å². The third kappa shape index (κ3) is 6.46. The summed E-state index contributed by atoms with van der Waals surface area (Å²) in [7, 11) is 0. The molecule has 7 heteroatoms. The molecule has 2 amide bonds. The van der Waals surface area contributed by atoms with Crippen molar-refractivity contribution in [2.24, 2.45) is 0 Å². The van der Waals surface area contributed by atoms with Crippen LogP contribution < -0.4 is 14.8 Å². The lowest BCUT2D eigenvalue weighted by atomic mass is 9.96. The van der Waals surface area contributed by atoms with Crippen LogP contribution in [0.1, 0.15) is 43.0 Å². The number of aryl methyl sites for hydroxylation is 1. The minimum atomic E-state index is -1.41. The van der Waals surface area contributed by atoms with Crippen LogP contribution in [0, 0.1) is 6.92 Å². The standard InChI is InChI=1S/C34H36N2O5/c1-23-9-12-28-20-26(13-14-27(28)19-23)24(2)36-29(22-35-33(36)39)17-18-40-30-15-10-25(11-16-30)21-34(3,32(37)38)41-31-7-5-4-6-8-31/h4-16,19-20,24,29H,17-18,21-22H2,1-3H3,(H,35,39)(H,37,38). The Balaban J connectivity index is 1.18. The predicted octanol–water partition coefficient (Wildman–Crippen LogP) is 6.54. The van der Waals surface area contributed by atoms with Crippen LogP contribution in [0.4, 0.5) is 4.79 Å². The molecule has 5 rings (SSSR count). The number of hydrogen-bond donors (Lipinski definition) is 2. The van der Waals surface area contributed by atoms with Crippen molar-refractivity contribution in [2.75, 3.05) is 13.2 Å². The normalized spacial score (nSPS) is 17.1. The highest BCUT2D eigenvalue weighted by Gasteiger charge is 2.36. The van der Waals surface area contributed by atoms with Crippen molar-refractivity contribution in [1.29, 1.82) is 0 Å². The first-order valence-electron chi connectivity index (χ1n) is 14.0. The number of nitrogens with one attached hydrogen (secondary N) is 1. The Hall–Kier alpha value is -4.52. The van der Waals surface area contributed by atoms with Gasteiger partial charge in [-0.1, -0.05) is 66.2 Å². The zero-order valence-electron chi connectivity index (χ0n) is 23.7. The van der Waals surface area contributed by atoms with E-state index in [1.165, 1.54) is 10.9 Å². The molecule has 0 bridgehead atoms. The summed E-state index contributed by atoms with van der Waals surface area (Å²) < 4.78 is 11.9. The molecule has 0 aromatic heterocycles. The number of nitrogens with zero attached hydrogens (tertiary/aromatic N) is 1. The summed E-state index contributed by atoms with van der Waals surface area (Å²) in [5, 5.41) is 15.2. The number of amides is 2. The van der Waals surface area contributed by atoms with E-state index in [0.29, 0.717) is 31.1 Å². The molecule has 0 spiro atoms. The molecule has 7 nitrogen and oxygen atoms in total. The van der Waals surface area contributed by atoms with E-state index in [1.807, 2.05) is 47.4 Å². The van der Waals surface area contributed by atoms with E-state index in [4.69, 9.17) is 9.47 Å². The SMILES string of the molecule is Cc1ccc2cc(C(C)N3C(=O)NCC3CCOc3ccc(CC(C)(Oc4ccccc4)C(=O)O)cc3)ccc2c1. The Kier molecular flexibility index (Phi) is 8.15. The third-order valence-electron chi connectivity index (χ3n) is 7.76. The fourth-order valence-corrected chi connectivity index (χ4v) is 5.41. The van der Waals surface area contributed by atoms with Crippen LogP contribution in [0.15, 0.2) is 91.0 Å². The molecule has 0 aliphatic carbocycles. The van der Waals surface area contributed by atoms with Crippen molar-refractivity contribution >= 4 is 22.8 Å². The van der Waals surface area contributed by atoms with Gasteiger partial charge in [0.2, 0.25) is 5.60 Å². The van der Waals surface area contributed by atoms with Gasteiger partial charge in [-0.25, -0.2) is 9.59 Å².